The molecule has 0 amide bonds. The van der Waals surface area contributed by atoms with Crippen LogP contribution in [0.5, 0.6) is 0 Å². The minimum atomic E-state index is -3.60. The number of aliphatic carboxylic acids is 2. The van der Waals surface area contributed by atoms with Gasteiger partial charge in [-0.15, -0.1) is 0 Å². The Kier molecular flexibility index (Phi) is 20.6. The van der Waals surface area contributed by atoms with E-state index < -0.39 is 17.9 Å². The van der Waals surface area contributed by atoms with Crippen molar-refractivity contribution >= 4 is 51.3 Å². The molecule has 0 unspecified atom stereocenters. The molecule has 0 fully saturated rings. The zero-order valence-corrected chi connectivity index (χ0v) is 42.2. The average molecular weight is 917 g/mol. The second-order valence-corrected chi connectivity index (χ2v) is 26.2. The summed E-state index contributed by atoms with van der Waals surface area (Å²) in [5.74, 6) is -5.60. The van der Waals surface area contributed by atoms with Crippen molar-refractivity contribution in [3.63, 3.8) is 0 Å². The normalized spacial score (nSPS) is 17.8. The van der Waals surface area contributed by atoms with Crippen molar-refractivity contribution in [1.82, 2.24) is 0 Å². The Balaban J connectivity index is 0.000000318. The number of aldehydes is 1. The first kappa shape index (κ1) is 54.0. The number of carbonyl (C=O) groups is 3. The first-order chi connectivity index (χ1) is 30.6. The monoisotopic (exact) mass is 915 g/mol. The van der Waals surface area contributed by atoms with Gasteiger partial charge < -0.3 is 10.2 Å². The second-order valence-electron chi connectivity index (χ2n) is 18.9. The molecule has 0 aliphatic heterocycles. The molecule has 5 nitrogen and oxygen atoms in total. The van der Waals surface area contributed by atoms with Crippen molar-refractivity contribution < 1.29 is 24.6 Å². The number of carbonyl (C=O) groups excluding carboxylic acids is 1. The molecule has 0 atom stereocenters. The maximum absolute atomic E-state index is 10.5. The molecule has 348 valence electrons. The number of hydrogen-bond donors (Lipinski definition) is 2. The quantitative estimate of drug-likeness (QED) is 0.0727. The molecule has 0 heterocycles. The number of carboxylic acid groups (broad SMARTS) is 2. The first-order valence-corrected chi connectivity index (χ1v) is 26.5. The summed E-state index contributed by atoms with van der Waals surface area (Å²) in [6, 6.07) is 32.3. The van der Waals surface area contributed by atoms with Gasteiger partial charge in [-0.2, -0.15) is 0 Å². The first-order valence-electron chi connectivity index (χ1n) is 22.7. The van der Waals surface area contributed by atoms with Crippen LogP contribution in [0.15, 0.2) is 196 Å². The van der Waals surface area contributed by atoms with E-state index in [0.29, 0.717) is 6.29 Å². The van der Waals surface area contributed by atoms with Crippen LogP contribution in [0, 0.1) is 10.8 Å². The van der Waals surface area contributed by atoms with E-state index in [1.54, 1.807) is 13.0 Å². The van der Waals surface area contributed by atoms with Gasteiger partial charge in [0.25, 0.3) is 0 Å². The van der Waals surface area contributed by atoms with Crippen LogP contribution in [0.2, 0.25) is 0 Å². The van der Waals surface area contributed by atoms with E-state index in [1.807, 2.05) is 12.2 Å². The Hall–Kier alpha value is -5.35. The molecule has 0 saturated carbocycles. The maximum atomic E-state index is 10.5. The Morgan fingerprint density at radius 3 is 1.34 bits per heavy atom. The fourth-order valence-corrected chi connectivity index (χ4v) is 15.4. The van der Waals surface area contributed by atoms with Crippen LogP contribution in [-0.4, -0.2) is 34.6 Å². The van der Waals surface area contributed by atoms with Crippen LogP contribution in [0.4, 0.5) is 0 Å². The minimum absolute atomic E-state index is 0.220. The standard InChI is InChI=1S/C33H39ClP.C20H28O2.C5H6O3/c1-27(22-23-32-28(2)15-14-25-33(32,3)4)24-26-35(34,29-16-8-5-9-17-29,30-18-10-6-11-19-30)31-20-12-7-13-21-31;1-15(8-6-9-16(2)14-19(21)22)11-12-18-17(3)10-7-13-20(18,4)5;1-4(3-6)2-5(7)8/h5-13,16-24,35H,14-15,25-26H2,1-4H3;6,8-9,11-12,14H,7,10,13H2,1-5H3,(H,21,22);2-3H,1H3,(H,7,8)/q-1;;/b23-22+,27-24+;9-6+,12-11+,15-8+,16-14+;4-2+. The molecule has 0 aromatic heterocycles. The predicted molar refractivity (Wildman–Crippen MR) is 282 cm³/mol. The van der Waals surface area contributed by atoms with E-state index in [1.165, 1.54) is 95.3 Å². The van der Waals surface area contributed by atoms with Gasteiger partial charge in [-0.1, -0.05) is 55.4 Å². The molecule has 3 aromatic rings. The molecule has 5 rings (SSSR count). The summed E-state index contributed by atoms with van der Waals surface area (Å²) in [4.78, 5) is 30.0. The average Bonchev–Trinajstić information content (AvgIpc) is 3.25. The molecular formula is C58H73ClO5P-. The Labute approximate surface area is 395 Å². The summed E-state index contributed by atoms with van der Waals surface area (Å²) < 4.78 is 0. The summed E-state index contributed by atoms with van der Waals surface area (Å²) in [7, 11) is 0. The van der Waals surface area contributed by atoms with E-state index in [4.69, 9.17) is 21.5 Å². The van der Waals surface area contributed by atoms with Gasteiger partial charge >= 0.3 is 230 Å². The number of halogens is 1. The zero-order chi connectivity index (χ0) is 48.3. The molecule has 0 radical (unpaired) electrons. The Morgan fingerprint density at radius 1 is 0.600 bits per heavy atom. The van der Waals surface area contributed by atoms with Crippen LogP contribution in [0.3, 0.4) is 0 Å². The van der Waals surface area contributed by atoms with E-state index in [-0.39, 0.29) is 16.4 Å². The molecular weight excluding hydrogens is 843 g/mol. The molecule has 2 aliphatic rings. The van der Waals surface area contributed by atoms with Gasteiger partial charge in [0.15, 0.2) is 0 Å². The fourth-order valence-electron chi connectivity index (χ4n) is 8.96. The fraction of sp³-hybridized carbons (Fsp3) is 0.328. The second kappa shape index (κ2) is 24.8. The predicted octanol–water partition coefficient (Wildman–Crippen LogP) is 14.3. The third-order valence-electron chi connectivity index (χ3n) is 12.7. The van der Waals surface area contributed by atoms with Gasteiger partial charge in [-0.3, -0.25) is 4.79 Å². The van der Waals surface area contributed by atoms with Crippen LogP contribution < -0.4 is 15.9 Å². The SMILES string of the molecule is C/C(C=O)=C\C(=O)O.CC1=C(/C=C/C(C)=C/C=C/C(C)=C/C(=O)O)C(C)(C)CCC1.CC1=C(/C=C/C(C)=C/C[PH-](Cl)(c2ccccc2)(c2ccccc2)c2ccccc2)C(C)(C)CCC1. The summed E-state index contributed by atoms with van der Waals surface area (Å²) in [5.41, 5.74) is 9.84. The van der Waals surface area contributed by atoms with Crippen LogP contribution in [0.25, 0.3) is 0 Å². The van der Waals surface area contributed by atoms with Crippen LogP contribution >= 0.6 is 17.2 Å². The van der Waals surface area contributed by atoms with Gasteiger partial charge in [0.1, 0.15) is 6.29 Å². The number of rotatable bonds is 14. The summed E-state index contributed by atoms with van der Waals surface area (Å²) in [5, 5.41) is 20.3. The van der Waals surface area contributed by atoms with Gasteiger partial charge in [0, 0.05) is 12.2 Å². The summed E-state index contributed by atoms with van der Waals surface area (Å²) in [6.07, 6.45) is 27.9. The Morgan fingerprint density at radius 2 is 0.985 bits per heavy atom. The number of benzene rings is 3. The third-order valence-corrected chi connectivity index (χ3v) is 20.7. The van der Waals surface area contributed by atoms with E-state index in [9.17, 15) is 14.4 Å². The van der Waals surface area contributed by atoms with Gasteiger partial charge in [0.05, 0.1) is 0 Å². The molecule has 7 heteroatoms. The molecule has 0 saturated heterocycles. The molecule has 65 heavy (non-hydrogen) atoms. The molecule has 3 aromatic carbocycles. The summed E-state index contributed by atoms with van der Waals surface area (Å²) in [6.45, 7) is 21.4. The van der Waals surface area contributed by atoms with E-state index >= 15 is 0 Å². The molecule has 2 N–H and O–H groups in total. The van der Waals surface area contributed by atoms with Crippen molar-refractivity contribution in [1.29, 1.82) is 0 Å². The van der Waals surface area contributed by atoms with Crippen molar-refractivity contribution in [3.8, 4) is 0 Å². The summed E-state index contributed by atoms with van der Waals surface area (Å²) >= 11 is 8.21. The van der Waals surface area contributed by atoms with Crippen molar-refractivity contribution in [2.24, 2.45) is 10.8 Å². The van der Waals surface area contributed by atoms with Gasteiger partial charge in [-0.05, 0) is 69.1 Å². The van der Waals surface area contributed by atoms with Crippen LogP contribution in [0.1, 0.15) is 108 Å². The van der Waals surface area contributed by atoms with Crippen molar-refractivity contribution in [3.05, 3.63) is 196 Å². The van der Waals surface area contributed by atoms with E-state index in [0.717, 1.165) is 23.4 Å². The van der Waals surface area contributed by atoms with Gasteiger partial charge in [-0.25, -0.2) is 9.59 Å². The zero-order valence-electron chi connectivity index (χ0n) is 40.5. The number of hydrogen-bond acceptors (Lipinski definition) is 3. The number of allylic oxidation sites excluding steroid dienone is 16. The third kappa shape index (κ3) is 15.7. The molecule has 0 bridgehead atoms. The topological polar surface area (TPSA) is 91.7 Å². The number of carboxylic acids is 2. The van der Waals surface area contributed by atoms with Crippen molar-refractivity contribution in [2.75, 3.05) is 6.16 Å². The molecule has 0 spiro atoms. The van der Waals surface area contributed by atoms with Crippen LogP contribution in [-0.2, 0) is 14.4 Å². The van der Waals surface area contributed by atoms with Gasteiger partial charge in [0.2, 0.25) is 0 Å². The van der Waals surface area contributed by atoms with E-state index in [2.05, 4.69) is 177 Å². The molecule has 2 aliphatic carbocycles. The van der Waals surface area contributed by atoms with Crippen molar-refractivity contribution in [2.45, 2.75) is 108 Å². The Bertz CT molecular complexity index is 2290.